The molecular weight excluding hydrogens is 284 g/mol. The lowest BCUT2D eigenvalue weighted by Gasteiger charge is -2.03. The molecule has 3 aromatic rings. The maximum atomic E-state index is 6.17. The molecule has 1 aliphatic rings. The van der Waals surface area contributed by atoms with Gasteiger partial charge in [-0.3, -0.25) is 0 Å². The van der Waals surface area contributed by atoms with E-state index >= 15 is 0 Å². The molecule has 0 fully saturated rings. The van der Waals surface area contributed by atoms with Crippen LogP contribution in [0.1, 0.15) is 0 Å². The van der Waals surface area contributed by atoms with Gasteiger partial charge in [0.1, 0.15) is 0 Å². The fourth-order valence-corrected chi connectivity index (χ4v) is 3.01. The predicted molar refractivity (Wildman–Crippen MR) is 74.0 cm³/mol. The summed E-state index contributed by atoms with van der Waals surface area (Å²) in [6.07, 6.45) is 0. The average molecular weight is 291 g/mol. The molecule has 0 saturated heterocycles. The summed E-state index contributed by atoms with van der Waals surface area (Å²) >= 11 is 7.71. The van der Waals surface area contributed by atoms with Crippen molar-refractivity contribution in [3.8, 4) is 22.9 Å². The van der Waals surface area contributed by atoms with Crippen LogP contribution in [0.5, 0.6) is 11.5 Å². The van der Waals surface area contributed by atoms with Gasteiger partial charge >= 0.3 is 0 Å². The van der Waals surface area contributed by atoms with Crippen molar-refractivity contribution >= 4 is 33.2 Å². The largest absolute Gasteiger partial charge is 0.454 e. The summed E-state index contributed by atoms with van der Waals surface area (Å²) in [4.78, 5) is 8.85. The van der Waals surface area contributed by atoms with Crippen molar-refractivity contribution in [3.63, 3.8) is 0 Å². The number of benzene rings is 1. The first-order chi connectivity index (χ1) is 9.31. The molecule has 1 aromatic carbocycles. The summed E-state index contributed by atoms with van der Waals surface area (Å²) in [7, 11) is 0. The fraction of sp³-hybridized carbons (Fsp3) is 0.0769. The van der Waals surface area contributed by atoms with Gasteiger partial charge in [0.05, 0.1) is 10.2 Å². The van der Waals surface area contributed by atoms with Gasteiger partial charge in [-0.25, -0.2) is 9.97 Å². The van der Waals surface area contributed by atoms with Crippen LogP contribution < -0.4 is 9.47 Å². The minimum atomic E-state index is 0.254. The highest BCUT2D eigenvalue weighted by atomic mass is 35.5. The second-order valence-corrected chi connectivity index (χ2v) is 5.32. The minimum absolute atomic E-state index is 0.254. The number of fused-ring (bicyclic) bond motifs is 2. The SMILES string of the molecule is Clc1nc(-c2ccc3c(c2)OCO3)nc2ccsc12. The first kappa shape index (κ1) is 11.0. The van der Waals surface area contributed by atoms with Gasteiger partial charge in [-0.05, 0) is 29.6 Å². The molecule has 1 aliphatic heterocycles. The van der Waals surface area contributed by atoms with E-state index in [9.17, 15) is 0 Å². The van der Waals surface area contributed by atoms with Gasteiger partial charge in [-0.2, -0.15) is 0 Å². The molecule has 4 rings (SSSR count). The van der Waals surface area contributed by atoms with Gasteiger partial charge in [0.25, 0.3) is 0 Å². The topological polar surface area (TPSA) is 44.2 Å². The first-order valence-corrected chi connectivity index (χ1v) is 6.88. The second-order valence-electron chi connectivity index (χ2n) is 4.04. The van der Waals surface area contributed by atoms with Crippen LogP contribution in [0.4, 0.5) is 0 Å². The van der Waals surface area contributed by atoms with Crippen molar-refractivity contribution < 1.29 is 9.47 Å². The van der Waals surface area contributed by atoms with Gasteiger partial charge in [0.15, 0.2) is 22.5 Å². The van der Waals surface area contributed by atoms with Crippen LogP contribution in [0, 0.1) is 0 Å². The number of halogens is 1. The van der Waals surface area contributed by atoms with E-state index in [1.807, 2.05) is 29.6 Å². The Bertz CT molecular complexity index is 787. The molecule has 0 saturated carbocycles. The van der Waals surface area contributed by atoms with E-state index in [0.29, 0.717) is 16.7 Å². The van der Waals surface area contributed by atoms with Crippen LogP contribution in [0.15, 0.2) is 29.6 Å². The van der Waals surface area contributed by atoms with Crippen molar-refractivity contribution in [2.45, 2.75) is 0 Å². The zero-order chi connectivity index (χ0) is 12.8. The monoisotopic (exact) mass is 290 g/mol. The van der Waals surface area contributed by atoms with Crippen molar-refractivity contribution in [1.29, 1.82) is 0 Å². The van der Waals surface area contributed by atoms with Crippen LogP contribution in [0.2, 0.25) is 5.15 Å². The number of nitrogens with zero attached hydrogens (tertiary/aromatic N) is 2. The molecule has 4 nitrogen and oxygen atoms in total. The number of hydrogen-bond acceptors (Lipinski definition) is 5. The number of aromatic nitrogens is 2. The Kier molecular flexibility index (Phi) is 2.36. The number of thiophene rings is 1. The summed E-state index contributed by atoms with van der Waals surface area (Å²) < 4.78 is 11.5. The second kappa shape index (κ2) is 4.08. The van der Waals surface area contributed by atoms with E-state index in [-0.39, 0.29) is 6.79 Å². The Morgan fingerprint density at radius 1 is 1.11 bits per heavy atom. The fourth-order valence-electron chi connectivity index (χ4n) is 1.99. The third kappa shape index (κ3) is 1.74. The molecular formula is C13H7ClN2O2S. The summed E-state index contributed by atoms with van der Waals surface area (Å²) in [6, 6.07) is 7.56. The number of ether oxygens (including phenoxy) is 2. The summed E-state index contributed by atoms with van der Waals surface area (Å²) in [5.41, 5.74) is 1.72. The van der Waals surface area contributed by atoms with E-state index < -0.39 is 0 Å². The minimum Gasteiger partial charge on any atom is -0.454 e. The summed E-state index contributed by atoms with van der Waals surface area (Å²) in [6.45, 7) is 0.254. The smallest absolute Gasteiger partial charge is 0.231 e. The summed E-state index contributed by atoms with van der Waals surface area (Å²) in [5, 5.41) is 2.43. The average Bonchev–Trinajstić information content (AvgIpc) is 3.06. The van der Waals surface area contributed by atoms with Crippen LogP contribution in [-0.4, -0.2) is 16.8 Å². The van der Waals surface area contributed by atoms with E-state index in [4.69, 9.17) is 21.1 Å². The molecule has 2 aromatic heterocycles. The van der Waals surface area contributed by atoms with Crippen LogP contribution in [0.3, 0.4) is 0 Å². The predicted octanol–water partition coefficient (Wildman–Crippen LogP) is 3.74. The van der Waals surface area contributed by atoms with E-state index in [0.717, 1.165) is 21.5 Å². The molecule has 0 spiro atoms. The Labute approximate surface area is 117 Å². The Morgan fingerprint density at radius 3 is 2.95 bits per heavy atom. The van der Waals surface area contributed by atoms with Gasteiger partial charge in [0, 0.05) is 5.56 Å². The van der Waals surface area contributed by atoms with Crippen LogP contribution >= 0.6 is 22.9 Å². The highest BCUT2D eigenvalue weighted by Crippen LogP contribution is 2.36. The quantitative estimate of drug-likeness (QED) is 0.640. The molecule has 0 radical (unpaired) electrons. The van der Waals surface area contributed by atoms with Gasteiger partial charge in [-0.15, -0.1) is 11.3 Å². The molecule has 6 heteroatoms. The third-order valence-electron chi connectivity index (χ3n) is 2.89. The third-order valence-corrected chi connectivity index (χ3v) is 4.19. The van der Waals surface area contributed by atoms with Crippen molar-refractivity contribution in [1.82, 2.24) is 9.97 Å². The van der Waals surface area contributed by atoms with Crippen molar-refractivity contribution in [3.05, 3.63) is 34.8 Å². The molecule has 94 valence electrons. The van der Waals surface area contributed by atoms with Gasteiger partial charge < -0.3 is 9.47 Å². The summed E-state index contributed by atoms with van der Waals surface area (Å²) in [5.74, 6) is 2.04. The van der Waals surface area contributed by atoms with Crippen LogP contribution in [-0.2, 0) is 0 Å². The zero-order valence-corrected chi connectivity index (χ0v) is 11.2. The van der Waals surface area contributed by atoms with E-state index in [2.05, 4.69) is 9.97 Å². The molecule has 0 N–H and O–H groups in total. The standard InChI is InChI=1S/C13H7ClN2O2S/c14-12-11-8(3-4-19-11)15-13(16-12)7-1-2-9-10(5-7)18-6-17-9/h1-5H,6H2. The Balaban J connectivity index is 1.89. The number of hydrogen-bond donors (Lipinski definition) is 0. The first-order valence-electron chi connectivity index (χ1n) is 5.62. The van der Waals surface area contributed by atoms with E-state index in [1.165, 1.54) is 11.3 Å². The lowest BCUT2D eigenvalue weighted by Crippen LogP contribution is -1.93. The number of rotatable bonds is 1. The molecule has 19 heavy (non-hydrogen) atoms. The van der Waals surface area contributed by atoms with Crippen LogP contribution in [0.25, 0.3) is 21.6 Å². The Hall–Kier alpha value is -1.85. The molecule has 0 bridgehead atoms. The zero-order valence-electron chi connectivity index (χ0n) is 9.59. The highest BCUT2D eigenvalue weighted by molar-refractivity contribution is 7.17. The molecule has 3 heterocycles. The Morgan fingerprint density at radius 2 is 2.00 bits per heavy atom. The van der Waals surface area contributed by atoms with Gasteiger partial charge in [-0.1, -0.05) is 11.6 Å². The molecule has 0 amide bonds. The molecule has 0 unspecified atom stereocenters. The van der Waals surface area contributed by atoms with Crippen molar-refractivity contribution in [2.75, 3.05) is 6.79 Å². The lowest BCUT2D eigenvalue weighted by molar-refractivity contribution is 0.174. The molecule has 0 aliphatic carbocycles. The maximum Gasteiger partial charge on any atom is 0.231 e. The van der Waals surface area contributed by atoms with Crippen molar-refractivity contribution in [2.24, 2.45) is 0 Å². The highest BCUT2D eigenvalue weighted by Gasteiger charge is 2.16. The molecule has 0 atom stereocenters. The maximum absolute atomic E-state index is 6.17. The van der Waals surface area contributed by atoms with E-state index in [1.54, 1.807) is 0 Å². The van der Waals surface area contributed by atoms with Gasteiger partial charge in [0.2, 0.25) is 6.79 Å². The lowest BCUT2D eigenvalue weighted by atomic mass is 10.2. The normalized spacial score (nSPS) is 13.1.